The van der Waals surface area contributed by atoms with Gasteiger partial charge in [-0.3, -0.25) is 9.59 Å². The van der Waals surface area contributed by atoms with E-state index in [4.69, 9.17) is 9.84 Å². The molecule has 1 amide bonds. The Balaban J connectivity index is 1.97. The second-order valence-corrected chi connectivity index (χ2v) is 5.21. The average molecular weight is 339 g/mol. The first kappa shape index (κ1) is 17.9. The molecule has 0 aliphatic rings. The lowest BCUT2D eigenvalue weighted by molar-refractivity contribution is -0.139. The third-order valence-corrected chi connectivity index (χ3v) is 3.16. The fraction of sp³-hybridized carbons (Fsp3) is 0.105. The second kappa shape index (κ2) is 8.44. The van der Waals surface area contributed by atoms with Crippen molar-refractivity contribution in [1.82, 2.24) is 0 Å². The Kier molecular flexibility index (Phi) is 6.06. The van der Waals surface area contributed by atoms with Crippen LogP contribution in [-0.2, 0) is 9.59 Å². The van der Waals surface area contributed by atoms with Gasteiger partial charge in [0.25, 0.3) is 0 Å². The number of carboxylic acid groups (broad SMARTS) is 1. The highest BCUT2D eigenvalue weighted by Gasteiger charge is 2.04. The molecule has 0 heterocycles. The molecule has 0 aromatic heterocycles. The Morgan fingerprint density at radius 2 is 1.68 bits per heavy atom. The Labute approximate surface area is 144 Å². The molecule has 2 N–H and O–H groups in total. The SMILES string of the molecule is CC(=O)Nc1ccc(C=CC(=O)c2ccc(OCC(=O)O)cc2)cc1. The van der Waals surface area contributed by atoms with Gasteiger partial charge in [-0.2, -0.15) is 0 Å². The number of allylic oxidation sites excluding steroid dienone is 1. The number of ketones is 1. The zero-order valence-electron chi connectivity index (χ0n) is 13.6. The highest BCUT2D eigenvalue weighted by atomic mass is 16.5. The van der Waals surface area contributed by atoms with Crippen LogP contribution < -0.4 is 10.1 Å². The van der Waals surface area contributed by atoms with Gasteiger partial charge in [0.05, 0.1) is 0 Å². The molecule has 0 saturated heterocycles. The number of ether oxygens (including phenoxy) is 1. The van der Waals surface area contributed by atoms with Gasteiger partial charge in [-0.1, -0.05) is 18.2 Å². The third kappa shape index (κ3) is 5.95. The van der Waals surface area contributed by atoms with E-state index in [2.05, 4.69) is 5.32 Å². The van der Waals surface area contributed by atoms with E-state index < -0.39 is 12.6 Å². The molecule has 6 nitrogen and oxygen atoms in total. The summed E-state index contributed by atoms with van der Waals surface area (Å²) in [6.07, 6.45) is 3.12. The van der Waals surface area contributed by atoms with Crippen molar-refractivity contribution >= 4 is 29.4 Å². The summed E-state index contributed by atoms with van der Waals surface area (Å²) in [6.45, 7) is 1.01. The van der Waals surface area contributed by atoms with Gasteiger partial charge in [0.15, 0.2) is 12.4 Å². The maximum absolute atomic E-state index is 12.1. The molecule has 0 fully saturated rings. The molecular weight excluding hydrogens is 322 g/mol. The molecule has 0 spiro atoms. The van der Waals surface area contributed by atoms with Crippen molar-refractivity contribution in [3.05, 3.63) is 65.7 Å². The second-order valence-electron chi connectivity index (χ2n) is 5.21. The van der Waals surface area contributed by atoms with Crippen LogP contribution in [0.25, 0.3) is 6.08 Å². The van der Waals surface area contributed by atoms with E-state index >= 15 is 0 Å². The number of carboxylic acids is 1. The summed E-state index contributed by atoms with van der Waals surface area (Å²) in [5, 5.41) is 11.2. The minimum absolute atomic E-state index is 0.144. The highest BCUT2D eigenvalue weighted by molar-refractivity contribution is 6.06. The number of carbonyl (C=O) groups is 3. The molecule has 0 aliphatic carbocycles. The smallest absolute Gasteiger partial charge is 0.341 e. The van der Waals surface area contributed by atoms with Crippen molar-refractivity contribution < 1.29 is 24.2 Å². The predicted octanol–water partition coefficient (Wildman–Crippen LogP) is 3.00. The van der Waals surface area contributed by atoms with E-state index in [0.717, 1.165) is 5.56 Å². The molecule has 0 unspecified atom stereocenters. The average Bonchev–Trinajstić information content (AvgIpc) is 2.59. The van der Waals surface area contributed by atoms with E-state index in [0.29, 0.717) is 17.0 Å². The van der Waals surface area contributed by atoms with Crippen molar-refractivity contribution in [3.8, 4) is 5.75 Å². The van der Waals surface area contributed by atoms with Crippen LogP contribution in [0.2, 0.25) is 0 Å². The number of rotatable bonds is 7. The molecule has 6 heteroatoms. The zero-order chi connectivity index (χ0) is 18.2. The van der Waals surface area contributed by atoms with E-state index in [1.165, 1.54) is 13.0 Å². The minimum atomic E-state index is -1.06. The fourth-order valence-corrected chi connectivity index (χ4v) is 2.01. The third-order valence-electron chi connectivity index (χ3n) is 3.16. The Morgan fingerprint density at radius 1 is 1.04 bits per heavy atom. The van der Waals surface area contributed by atoms with Crippen LogP contribution in [0.4, 0.5) is 5.69 Å². The first-order chi connectivity index (χ1) is 11.9. The van der Waals surface area contributed by atoms with Crippen LogP contribution in [0.15, 0.2) is 54.6 Å². The van der Waals surface area contributed by atoms with E-state index in [1.807, 2.05) is 0 Å². The summed E-state index contributed by atoms with van der Waals surface area (Å²) in [7, 11) is 0. The molecule has 0 atom stereocenters. The summed E-state index contributed by atoms with van der Waals surface area (Å²) in [5.41, 5.74) is 1.98. The maximum Gasteiger partial charge on any atom is 0.341 e. The van der Waals surface area contributed by atoms with Gasteiger partial charge in [0, 0.05) is 18.2 Å². The Bertz CT molecular complexity index is 792. The fourth-order valence-electron chi connectivity index (χ4n) is 2.01. The number of hydrogen-bond donors (Lipinski definition) is 2. The molecule has 2 rings (SSSR count). The summed E-state index contributed by atoms with van der Waals surface area (Å²) < 4.78 is 5.01. The lowest BCUT2D eigenvalue weighted by Gasteiger charge is -2.03. The van der Waals surface area contributed by atoms with E-state index in [9.17, 15) is 14.4 Å². The first-order valence-corrected chi connectivity index (χ1v) is 7.49. The molecule has 25 heavy (non-hydrogen) atoms. The number of carbonyl (C=O) groups excluding carboxylic acids is 2. The van der Waals surface area contributed by atoms with Crippen LogP contribution in [0.5, 0.6) is 5.75 Å². The van der Waals surface area contributed by atoms with Gasteiger partial charge < -0.3 is 15.2 Å². The monoisotopic (exact) mass is 339 g/mol. The van der Waals surface area contributed by atoms with Crippen molar-refractivity contribution in [2.75, 3.05) is 11.9 Å². The standard InChI is InChI=1S/C19H17NO5/c1-13(21)20-16-7-2-14(3-8-16)4-11-18(22)15-5-9-17(10-6-15)25-12-19(23)24/h2-11H,12H2,1H3,(H,20,21)(H,23,24). The molecule has 2 aromatic rings. The molecule has 0 saturated carbocycles. The van der Waals surface area contributed by atoms with Crippen LogP contribution in [0.1, 0.15) is 22.8 Å². The van der Waals surface area contributed by atoms with Gasteiger partial charge >= 0.3 is 5.97 Å². The van der Waals surface area contributed by atoms with Crippen molar-refractivity contribution in [1.29, 1.82) is 0 Å². The topological polar surface area (TPSA) is 92.7 Å². The van der Waals surface area contributed by atoms with E-state index in [1.54, 1.807) is 54.6 Å². The molecule has 0 radical (unpaired) electrons. The maximum atomic E-state index is 12.1. The van der Waals surface area contributed by atoms with E-state index in [-0.39, 0.29) is 11.7 Å². The quantitative estimate of drug-likeness (QED) is 0.597. The van der Waals surface area contributed by atoms with Gasteiger partial charge in [0.1, 0.15) is 5.75 Å². The van der Waals surface area contributed by atoms with Crippen molar-refractivity contribution in [2.45, 2.75) is 6.92 Å². The zero-order valence-corrected chi connectivity index (χ0v) is 13.6. The Morgan fingerprint density at radius 3 is 2.24 bits per heavy atom. The summed E-state index contributed by atoms with van der Waals surface area (Å²) in [6, 6.07) is 13.3. The van der Waals surface area contributed by atoms with Crippen molar-refractivity contribution in [3.63, 3.8) is 0 Å². The molecule has 0 aliphatic heterocycles. The summed E-state index contributed by atoms with van der Waals surface area (Å²) in [4.78, 5) is 33.5. The van der Waals surface area contributed by atoms with Gasteiger partial charge in [0.2, 0.25) is 5.91 Å². The number of hydrogen-bond acceptors (Lipinski definition) is 4. The van der Waals surface area contributed by atoms with Gasteiger partial charge in [-0.05, 0) is 48.0 Å². The number of amides is 1. The largest absolute Gasteiger partial charge is 0.482 e. The van der Waals surface area contributed by atoms with Crippen LogP contribution >= 0.6 is 0 Å². The lowest BCUT2D eigenvalue weighted by atomic mass is 10.1. The number of aliphatic carboxylic acids is 1. The predicted molar refractivity (Wildman–Crippen MR) is 93.7 cm³/mol. The minimum Gasteiger partial charge on any atom is -0.482 e. The Hall–Kier alpha value is -3.41. The van der Waals surface area contributed by atoms with Crippen LogP contribution in [-0.4, -0.2) is 29.4 Å². The lowest BCUT2D eigenvalue weighted by Crippen LogP contribution is -2.09. The molecule has 2 aromatic carbocycles. The van der Waals surface area contributed by atoms with Gasteiger partial charge in [-0.25, -0.2) is 4.79 Å². The summed E-state index contributed by atoms with van der Waals surface area (Å²) >= 11 is 0. The first-order valence-electron chi connectivity index (χ1n) is 7.49. The number of anilines is 1. The summed E-state index contributed by atoms with van der Waals surface area (Å²) in [5.74, 6) is -1.01. The number of benzene rings is 2. The molecule has 128 valence electrons. The van der Waals surface area contributed by atoms with Crippen LogP contribution in [0, 0.1) is 0 Å². The molecular formula is C19H17NO5. The highest BCUT2D eigenvalue weighted by Crippen LogP contribution is 2.14. The van der Waals surface area contributed by atoms with Crippen molar-refractivity contribution in [2.24, 2.45) is 0 Å². The molecule has 0 bridgehead atoms. The van der Waals surface area contributed by atoms with Crippen LogP contribution in [0.3, 0.4) is 0 Å². The number of nitrogens with one attached hydrogen (secondary N) is 1. The normalized spacial score (nSPS) is 10.4. The van der Waals surface area contributed by atoms with Gasteiger partial charge in [-0.15, -0.1) is 0 Å².